The Labute approximate surface area is 50.4 Å². The number of hydrogen-bond acceptors (Lipinski definition) is 1. The molecule has 0 aromatic rings. The number of rotatable bonds is 0. The second kappa shape index (κ2) is 25.4. The van der Waals surface area contributed by atoms with Gasteiger partial charge in [0.05, 0.1) is 0 Å². The first-order valence-electron chi connectivity index (χ1n) is 0.289. The van der Waals surface area contributed by atoms with Crippen LogP contribution in [0.5, 0.6) is 0 Å². The molecule has 0 saturated heterocycles. The molecule has 0 fully saturated rings. The van der Waals surface area contributed by atoms with E-state index in [1.54, 1.807) is 0 Å². The van der Waals surface area contributed by atoms with Crippen molar-refractivity contribution >= 4 is 9.90 Å². The van der Waals surface area contributed by atoms with Gasteiger partial charge in [-0.05, 0) is 0 Å². The van der Waals surface area contributed by atoms with Crippen LogP contribution in [0, 0.1) is 0 Å². The summed E-state index contributed by atoms with van der Waals surface area (Å²) < 4.78 is 8.38. The Bertz CT molecular complexity index is 8.00. The van der Waals surface area contributed by atoms with Gasteiger partial charge in [-0.15, -0.1) is 0 Å². The third-order valence-electron chi connectivity index (χ3n) is 0. The minimum atomic E-state index is 0. The molecular formula is H3OPVZn. The average Bonchev–Trinajstić information content (AvgIpc) is 1.00. The summed E-state index contributed by atoms with van der Waals surface area (Å²) in [6.45, 7) is 0. The van der Waals surface area contributed by atoms with Crippen molar-refractivity contribution in [2.24, 2.45) is 0 Å². The standard InChI is InChI=1S/O.H3P.V.Zn/h;1H3;;. The second-order valence-electron chi connectivity index (χ2n) is 0. The predicted molar refractivity (Wildman–Crippen MR) is 11.8 cm³/mol. The molecule has 0 aliphatic heterocycles. The van der Waals surface area contributed by atoms with Crippen LogP contribution in [0.1, 0.15) is 0 Å². The SMILES string of the molecule is P.[O]=[Zn].[V]. The molecule has 0 rings (SSSR count). The first kappa shape index (κ1) is 18.0. The van der Waals surface area contributed by atoms with E-state index < -0.39 is 0 Å². The van der Waals surface area contributed by atoms with Gasteiger partial charge in [0.2, 0.25) is 0 Å². The van der Waals surface area contributed by atoms with Crippen molar-refractivity contribution in [3.63, 3.8) is 0 Å². The van der Waals surface area contributed by atoms with Crippen LogP contribution < -0.4 is 0 Å². The molecule has 4 heteroatoms. The maximum Gasteiger partial charge on any atom is 0 e. The van der Waals surface area contributed by atoms with Gasteiger partial charge in [0.1, 0.15) is 0 Å². The Morgan fingerprint density at radius 1 is 1.25 bits per heavy atom. The first-order valence-corrected chi connectivity index (χ1v) is 1.50. The minimum Gasteiger partial charge on any atom is 0 e. The Morgan fingerprint density at radius 3 is 1.25 bits per heavy atom. The van der Waals surface area contributed by atoms with Gasteiger partial charge < -0.3 is 0 Å². The maximum atomic E-state index is 8.38. The zero-order chi connectivity index (χ0) is 2.00. The predicted octanol–water partition coefficient (Wildman–Crippen LogP) is -0.0657. The molecule has 0 heterocycles. The topological polar surface area (TPSA) is 17.1 Å². The van der Waals surface area contributed by atoms with Crippen LogP contribution >= 0.6 is 9.90 Å². The molecule has 0 aliphatic carbocycles. The van der Waals surface area contributed by atoms with Crippen molar-refractivity contribution in [2.45, 2.75) is 0 Å². The van der Waals surface area contributed by atoms with Crippen LogP contribution in [0.2, 0.25) is 0 Å². The van der Waals surface area contributed by atoms with Gasteiger partial charge in [-0.2, -0.15) is 9.90 Å². The van der Waals surface area contributed by atoms with Crippen LogP contribution in [0.3, 0.4) is 0 Å². The molecule has 0 aliphatic rings. The normalized spacial score (nSPS) is 1.50. The van der Waals surface area contributed by atoms with Gasteiger partial charge in [-0.1, -0.05) is 0 Å². The molecular weight excluding hydrogens is 163 g/mol. The van der Waals surface area contributed by atoms with Crippen LogP contribution in [-0.4, -0.2) is 0 Å². The van der Waals surface area contributed by atoms with E-state index in [2.05, 4.69) is 0 Å². The van der Waals surface area contributed by atoms with E-state index in [1.165, 1.54) is 0 Å². The largest absolute Gasteiger partial charge is 0 e. The molecule has 1 nitrogen and oxygen atoms in total. The summed E-state index contributed by atoms with van der Waals surface area (Å²) in [5, 5.41) is 0. The summed E-state index contributed by atoms with van der Waals surface area (Å²) >= 11 is 0.125. The van der Waals surface area contributed by atoms with Crippen LogP contribution in [-0.2, 0) is 40.4 Å². The van der Waals surface area contributed by atoms with Gasteiger partial charge in [0, 0.05) is 18.6 Å². The summed E-state index contributed by atoms with van der Waals surface area (Å²) in [6, 6.07) is 0. The van der Waals surface area contributed by atoms with Crippen molar-refractivity contribution in [3.8, 4) is 0 Å². The summed E-state index contributed by atoms with van der Waals surface area (Å²) in [4.78, 5) is 0. The van der Waals surface area contributed by atoms with Crippen LogP contribution in [0.15, 0.2) is 0 Å². The Balaban J connectivity index is -0.00000000500. The Kier molecular flexibility index (Phi) is 114. The molecule has 1 radical (unpaired) electrons. The van der Waals surface area contributed by atoms with Gasteiger partial charge in [0.15, 0.2) is 0 Å². The molecule has 21 valence electrons. The molecule has 0 amide bonds. The molecule has 0 spiro atoms. The average molecular weight is 166 g/mol. The molecule has 1 atom stereocenters. The zero-order valence-corrected chi connectivity index (χ0v) is 8.05. The zero-order valence-electron chi connectivity index (χ0n) is 2.27. The quantitative estimate of drug-likeness (QED) is 0.364. The van der Waals surface area contributed by atoms with Gasteiger partial charge in [0.25, 0.3) is 0 Å². The molecule has 0 bridgehead atoms. The Morgan fingerprint density at radius 2 is 1.25 bits per heavy atom. The minimum absolute atomic E-state index is 0. The van der Waals surface area contributed by atoms with Crippen LogP contribution in [0.25, 0.3) is 0 Å². The molecule has 1 unspecified atom stereocenters. The van der Waals surface area contributed by atoms with Crippen molar-refractivity contribution in [2.75, 3.05) is 0 Å². The summed E-state index contributed by atoms with van der Waals surface area (Å²) in [5.41, 5.74) is 0. The summed E-state index contributed by atoms with van der Waals surface area (Å²) in [7, 11) is 0. The number of hydrogen-bond donors (Lipinski definition) is 0. The van der Waals surface area contributed by atoms with E-state index in [9.17, 15) is 0 Å². The fourth-order valence-corrected chi connectivity index (χ4v) is 0. The van der Waals surface area contributed by atoms with Crippen molar-refractivity contribution in [1.29, 1.82) is 0 Å². The molecule has 0 aromatic heterocycles. The smallest absolute Gasteiger partial charge is 0 e. The summed E-state index contributed by atoms with van der Waals surface area (Å²) in [5.74, 6) is 0. The van der Waals surface area contributed by atoms with E-state index in [1.807, 2.05) is 0 Å². The van der Waals surface area contributed by atoms with E-state index in [0.29, 0.717) is 0 Å². The van der Waals surface area contributed by atoms with Crippen molar-refractivity contribution < 1.29 is 40.4 Å². The first-order chi connectivity index (χ1) is 1.00. The molecule has 0 aromatic carbocycles. The fraction of sp³-hybridized carbons (Fsp3) is 0. The van der Waals surface area contributed by atoms with E-state index in [-0.39, 0.29) is 46.7 Å². The third-order valence-corrected chi connectivity index (χ3v) is 0. The van der Waals surface area contributed by atoms with E-state index in [4.69, 9.17) is 3.57 Å². The van der Waals surface area contributed by atoms with Gasteiger partial charge >= 0.3 is 21.8 Å². The molecule has 4 heavy (non-hydrogen) atoms. The van der Waals surface area contributed by atoms with E-state index >= 15 is 0 Å². The van der Waals surface area contributed by atoms with E-state index in [0.717, 1.165) is 0 Å². The van der Waals surface area contributed by atoms with Crippen molar-refractivity contribution in [3.05, 3.63) is 0 Å². The molecule has 0 N–H and O–H groups in total. The van der Waals surface area contributed by atoms with Gasteiger partial charge in [-0.25, -0.2) is 0 Å². The third kappa shape index (κ3) is 9.88. The fourth-order valence-electron chi connectivity index (χ4n) is 0. The maximum absolute atomic E-state index is 8.38. The van der Waals surface area contributed by atoms with Crippen molar-refractivity contribution in [1.82, 2.24) is 0 Å². The second-order valence-corrected chi connectivity index (χ2v) is 0. The Hall–Kier alpha value is 1.44. The van der Waals surface area contributed by atoms with Gasteiger partial charge in [-0.3, -0.25) is 0 Å². The van der Waals surface area contributed by atoms with Crippen LogP contribution in [0.4, 0.5) is 0 Å². The monoisotopic (exact) mass is 165 g/mol. The summed E-state index contributed by atoms with van der Waals surface area (Å²) in [6.07, 6.45) is 0. The molecule has 0 saturated carbocycles.